The van der Waals surface area contributed by atoms with E-state index in [0.29, 0.717) is 5.69 Å². The molecule has 4 nitrogen and oxygen atoms in total. The SMILES string of the molecule is O=C(O)C1=C[NH2+]c2cc(Cl)c(F)cc2C1=O. The Bertz CT molecular complexity index is 539. The first-order chi connectivity index (χ1) is 7.50. The summed E-state index contributed by atoms with van der Waals surface area (Å²) in [5.74, 6) is -2.78. The Balaban J connectivity index is 2.55. The van der Waals surface area contributed by atoms with Crippen LogP contribution in [0.25, 0.3) is 0 Å². The van der Waals surface area contributed by atoms with E-state index in [-0.39, 0.29) is 16.2 Å². The van der Waals surface area contributed by atoms with Crippen LogP contribution in [0.3, 0.4) is 0 Å². The van der Waals surface area contributed by atoms with Crippen molar-refractivity contribution in [1.29, 1.82) is 0 Å². The smallest absolute Gasteiger partial charge is 0.345 e. The number of carboxylic acids is 1. The average Bonchev–Trinajstić information content (AvgIpc) is 2.21. The van der Waals surface area contributed by atoms with E-state index in [1.807, 2.05) is 0 Å². The number of fused-ring (bicyclic) bond motifs is 1. The highest BCUT2D eigenvalue weighted by atomic mass is 35.5. The molecule has 82 valence electrons. The zero-order valence-corrected chi connectivity index (χ0v) is 8.58. The molecule has 0 aliphatic carbocycles. The molecule has 0 fully saturated rings. The topological polar surface area (TPSA) is 71.0 Å². The number of benzene rings is 1. The molecule has 1 heterocycles. The zero-order valence-electron chi connectivity index (χ0n) is 7.83. The Morgan fingerprint density at radius 2 is 2.12 bits per heavy atom. The summed E-state index contributed by atoms with van der Waals surface area (Å²) in [6.45, 7) is 0. The van der Waals surface area contributed by atoms with E-state index >= 15 is 0 Å². The van der Waals surface area contributed by atoms with E-state index in [4.69, 9.17) is 16.7 Å². The van der Waals surface area contributed by atoms with Gasteiger partial charge in [0.2, 0.25) is 5.78 Å². The third-order valence-electron chi connectivity index (χ3n) is 2.24. The maximum atomic E-state index is 13.1. The fourth-order valence-electron chi connectivity index (χ4n) is 1.46. The first-order valence-corrected chi connectivity index (χ1v) is 4.70. The second-order valence-corrected chi connectivity index (χ2v) is 3.64. The molecule has 1 aliphatic heterocycles. The lowest BCUT2D eigenvalue weighted by molar-refractivity contribution is -0.498. The van der Waals surface area contributed by atoms with Gasteiger partial charge in [-0.25, -0.2) is 9.18 Å². The minimum Gasteiger partial charge on any atom is -0.477 e. The summed E-state index contributed by atoms with van der Waals surface area (Å²) in [7, 11) is 0. The fourth-order valence-corrected chi connectivity index (χ4v) is 1.63. The van der Waals surface area contributed by atoms with E-state index in [0.717, 1.165) is 6.07 Å². The maximum absolute atomic E-state index is 13.1. The molecular weight excluding hydrogens is 237 g/mol. The number of carboxylic acid groups (broad SMARTS) is 1. The Labute approximate surface area is 94.3 Å². The molecule has 0 spiro atoms. The number of hydrogen-bond donors (Lipinski definition) is 2. The molecule has 0 bridgehead atoms. The van der Waals surface area contributed by atoms with Crippen LogP contribution in [0.2, 0.25) is 5.02 Å². The van der Waals surface area contributed by atoms with Crippen LogP contribution >= 0.6 is 11.6 Å². The summed E-state index contributed by atoms with van der Waals surface area (Å²) >= 11 is 5.55. The molecule has 16 heavy (non-hydrogen) atoms. The van der Waals surface area contributed by atoms with Crippen molar-refractivity contribution in [3.63, 3.8) is 0 Å². The van der Waals surface area contributed by atoms with Crippen molar-refractivity contribution in [2.24, 2.45) is 0 Å². The van der Waals surface area contributed by atoms with Crippen LogP contribution in [-0.2, 0) is 4.79 Å². The van der Waals surface area contributed by atoms with Gasteiger partial charge in [-0.2, -0.15) is 0 Å². The first-order valence-electron chi connectivity index (χ1n) is 4.33. The molecular formula is C10H6ClFNO3+. The van der Waals surface area contributed by atoms with E-state index in [2.05, 4.69) is 0 Å². The highest BCUT2D eigenvalue weighted by Crippen LogP contribution is 2.25. The van der Waals surface area contributed by atoms with Gasteiger partial charge >= 0.3 is 5.97 Å². The molecule has 0 saturated carbocycles. The predicted molar refractivity (Wildman–Crippen MR) is 53.0 cm³/mol. The zero-order chi connectivity index (χ0) is 11.9. The second kappa shape index (κ2) is 3.70. The molecule has 0 saturated heterocycles. The Kier molecular flexibility index (Phi) is 2.49. The molecule has 0 amide bonds. The summed E-state index contributed by atoms with van der Waals surface area (Å²) in [6, 6.07) is 2.24. The number of Topliss-reactive ketones (excluding diaryl/α,β-unsaturated/α-hetero) is 1. The number of ketones is 1. The Morgan fingerprint density at radius 3 is 2.75 bits per heavy atom. The number of halogens is 2. The average molecular weight is 243 g/mol. The number of aliphatic carboxylic acids is 1. The van der Waals surface area contributed by atoms with Gasteiger partial charge in [-0.1, -0.05) is 11.6 Å². The number of hydrogen-bond acceptors (Lipinski definition) is 2. The third-order valence-corrected chi connectivity index (χ3v) is 2.53. The number of quaternary nitrogens is 1. The summed E-state index contributed by atoms with van der Waals surface area (Å²) in [5.41, 5.74) is 0.0532. The lowest BCUT2D eigenvalue weighted by Gasteiger charge is -2.11. The minimum atomic E-state index is -1.33. The van der Waals surface area contributed by atoms with Crippen LogP contribution in [0.15, 0.2) is 23.9 Å². The molecule has 0 aromatic heterocycles. The van der Waals surface area contributed by atoms with Gasteiger partial charge in [0.1, 0.15) is 17.7 Å². The van der Waals surface area contributed by atoms with Crippen LogP contribution in [-0.4, -0.2) is 16.9 Å². The molecule has 2 rings (SSSR count). The van der Waals surface area contributed by atoms with Crippen LogP contribution in [0.4, 0.5) is 10.1 Å². The molecule has 1 aromatic rings. The maximum Gasteiger partial charge on any atom is 0.345 e. The van der Waals surface area contributed by atoms with Crippen molar-refractivity contribution in [3.05, 3.63) is 40.3 Å². The van der Waals surface area contributed by atoms with Gasteiger partial charge in [-0.3, -0.25) is 10.1 Å². The molecule has 0 radical (unpaired) electrons. The van der Waals surface area contributed by atoms with Gasteiger partial charge in [0.05, 0.1) is 10.6 Å². The quantitative estimate of drug-likeness (QED) is 0.566. The van der Waals surface area contributed by atoms with Crippen LogP contribution in [0.1, 0.15) is 10.4 Å². The lowest BCUT2D eigenvalue weighted by Crippen LogP contribution is -2.73. The standard InChI is InChI=1S/C10H5ClFNO3/c11-6-2-8-4(1-7(6)12)9(14)5(3-13-8)10(15)16/h1-3H,(H,13,14)(H,15,16)/p+1. The first kappa shape index (κ1) is 10.8. The van der Waals surface area contributed by atoms with E-state index in [1.165, 1.54) is 17.6 Å². The van der Waals surface area contributed by atoms with Gasteiger partial charge in [-0.05, 0) is 6.07 Å². The molecule has 6 heteroatoms. The van der Waals surface area contributed by atoms with E-state index in [1.54, 1.807) is 0 Å². The van der Waals surface area contributed by atoms with Crippen LogP contribution in [0, 0.1) is 5.82 Å². The number of nitrogens with two attached hydrogens (primary N) is 1. The second-order valence-electron chi connectivity index (χ2n) is 3.23. The molecule has 1 aliphatic rings. The van der Waals surface area contributed by atoms with E-state index in [9.17, 15) is 14.0 Å². The predicted octanol–water partition coefficient (Wildman–Crippen LogP) is 0.839. The molecule has 0 unspecified atom stereocenters. The lowest BCUT2D eigenvalue weighted by atomic mass is 9.99. The van der Waals surface area contributed by atoms with E-state index < -0.39 is 17.6 Å². The van der Waals surface area contributed by atoms with Gasteiger partial charge in [-0.15, -0.1) is 0 Å². The van der Waals surface area contributed by atoms with Crippen LogP contribution < -0.4 is 5.32 Å². The number of rotatable bonds is 1. The largest absolute Gasteiger partial charge is 0.477 e. The molecule has 3 N–H and O–H groups in total. The van der Waals surface area contributed by atoms with Crippen molar-refractivity contribution in [1.82, 2.24) is 0 Å². The fraction of sp³-hybridized carbons (Fsp3) is 0. The Morgan fingerprint density at radius 1 is 1.44 bits per heavy atom. The molecule has 0 atom stereocenters. The summed E-state index contributed by atoms with van der Waals surface area (Å²) in [4.78, 5) is 22.3. The van der Waals surface area contributed by atoms with Crippen molar-refractivity contribution in [3.8, 4) is 0 Å². The highest BCUT2D eigenvalue weighted by Gasteiger charge is 2.29. The van der Waals surface area contributed by atoms with Crippen LogP contribution in [0.5, 0.6) is 0 Å². The van der Waals surface area contributed by atoms with Crippen molar-refractivity contribution < 1.29 is 24.4 Å². The number of carbonyl (C=O) groups excluding carboxylic acids is 1. The summed E-state index contributed by atoms with van der Waals surface area (Å²) in [5, 5.41) is 10.0. The molecule has 1 aromatic carbocycles. The summed E-state index contributed by atoms with van der Waals surface area (Å²) in [6.07, 6.45) is 1.18. The third kappa shape index (κ3) is 1.60. The van der Waals surface area contributed by atoms with Crippen molar-refractivity contribution >= 4 is 29.0 Å². The normalized spacial score (nSPS) is 14.4. The van der Waals surface area contributed by atoms with Crippen molar-refractivity contribution in [2.75, 3.05) is 0 Å². The van der Waals surface area contributed by atoms with Gasteiger partial charge in [0.25, 0.3) is 0 Å². The minimum absolute atomic E-state index is 0.0156. The van der Waals surface area contributed by atoms with Gasteiger partial charge in [0, 0.05) is 6.07 Å². The van der Waals surface area contributed by atoms with Gasteiger partial charge in [0.15, 0.2) is 5.57 Å². The Hall–Kier alpha value is -1.72. The van der Waals surface area contributed by atoms with Gasteiger partial charge < -0.3 is 5.11 Å². The van der Waals surface area contributed by atoms with Crippen molar-refractivity contribution in [2.45, 2.75) is 0 Å². The summed E-state index contributed by atoms with van der Waals surface area (Å²) < 4.78 is 13.1. The number of carbonyl (C=O) groups is 2. The highest BCUT2D eigenvalue weighted by molar-refractivity contribution is 6.31. The monoisotopic (exact) mass is 242 g/mol.